The molecule has 0 bridgehead atoms. The van der Waals surface area contributed by atoms with Crippen molar-refractivity contribution >= 4 is 52.3 Å². The van der Waals surface area contributed by atoms with Crippen molar-refractivity contribution in [3.8, 4) is 11.5 Å². The molecule has 0 aliphatic carbocycles. The minimum absolute atomic E-state index is 0.0505. The van der Waals surface area contributed by atoms with Crippen molar-refractivity contribution in [2.75, 3.05) is 24.4 Å². The molecule has 170 valence electrons. The molecule has 0 fully saturated rings. The van der Waals surface area contributed by atoms with Gasteiger partial charge in [-0.15, -0.1) is 0 Å². The predicted molar refractivity (Wildman–Crippen MR) is 126 cm³/mol. The molecule has 0 atom stereocenters. The Kier molecular flexibility index (Phi) is 7.76. The molecule has 0 heterocycles. The Morgan fingerprint density at radius 1 is 0.939 bits per heavy atom. The molecule has 0 unspecified atom stereocenters. The molecule has 0 radical (unpaired) electrons. The number of halogens is 2. The molecule has 3 aromatic carbocycles. The lowest BCUT2D eigenvalue weighted by molar-refractivity contribution is -0.119. The van der Waals surface area contributed by atoms with Crippen LogP contribution in [-0.2, 0) is 4.79 Å². The van der Waals surface area contributed by atoms with Crippen LogP contribution in [0.2, 0.25) is 10.0 Å². The van der Waals surface area contributed by atoms with Gasteiger partial charge in [0.05, 0.1) is 23.4 Å². The predicted octanol–water partition coefficient (Wildman–Crippen LogP) is 4.37. The SMILES string of the molecule is COc1cc(C(=O)Nc2ccccc2C(=O)Nc2ccc(Cl)cc2)cc(Cl)c1OCC(N)=O. The van der Waals surface area contributed by atoms with Gasteiger partial charge >= 0.3 is 0 Å². The van der Waals surface area contributed by atoms with Crippen LogP contribution in [0.25, 0.3) is 0 Å². The fourth-order valence-corrected chi connectivity index (χ4v) is 3.24. The number of hydrogen-bond acceptors (Lipinski definition) is 5. The molecule has 3 rings (SSSR count). The molecule has 0 saturated carbocycles. The number of para-hydroxylation sites is 1. The molecule has 3 amide bonds. The van der Waals surface area contributed by atoms with Gasteiger partial charge in [-0.1, -0.05) is 35.3 Å². The van der Waals surface area contributed by atoms with E-state index >= 15 is 0 Å². The molecule has 3 aromatic rings. The number of nitrogens with one attached hydrogen (secondary N) is 2. The number of carbonyl (C=O) groups is 3. The quantitative estimate of drug-likeness (QED) is 0.435. The first-order valence-corrected chi connectivity index (χ1v) is 10.3. The summed E-state index contributed by atoms with van der Waals surface area (Å²) in [5.41, 5.74) is 6.33. The van der Waals surface area contributed by atoms with Crippen molar-refractivity contribution in [1.82, 2.24) is 0 Å². The van der Waals surface area contributed by atoms with E-state index < -0.39 is 24.3 Å². The number of rotatable bonds is 8. The summed E-state index contributed by atoms with van der Waals surface area (Å²) in [6.07, 6.45) is 0. The first-order chi connectivity index (χ1) is 15.8. The maximum Gasteiger partial charge on any atom is 0.257 e. The van der Waals surface area contributed by atoms with E-state index in [2.05, 4.69) is 10.6 Å². The highest BCUT2D eigenvalue weighted by atomic mass is 35.5. The van der Waals surface area contributed by atoms with Gasteiger partial charge in [0, 0.05) is 16.3 Å². The third kappa shape index (κ3) is 6.15. The Bertz CT molecular complexity index is 1200. The lowest BCUT2D eigenvalue weighted by atomic mass is 10.1. The maximum atomic E-state index is 12.9. The van der Waals surface area contributed by atoms with Gasteiger partial charge in [-0.3, -0.25) is 14.4 Å². The van der Waals surface area contributed by atoms with Crippen LogP contribution in [0.5, 0.6) is 11.5 Å². The molecule has 8 nitrogen and oxygen atoms in total. The number of benzene rings is 3. The Balaban J connectivity index is 1.82. The summed E-state index contributed by atoms with van der Waals surface area (Å²) in [5.74, 6) is -1.43. The first-order valence-electron chi connectivity index (χ1n) is 9.54. The van der Waals surface area contributed by atoms with Crippen molar-refractivity contribution in [3.05, 3.63) is 81.8 Å². The zero-order valence-corrected chi connectivity index (χ0v) is 18.9. The van der Waals surface area contributed by atoms with Crippen LogP contribution in [0.4, 0.5) is 11.4 Å². The summed E-state index contributed by atoms with van der Waals surface area (Å²) in [7, 11) is 1.36. The molecule has 0 aliphatic heterocycles. The normalized spacial score (nSPS) is 10.3. The molecular weight excluding hydrogens is 469 g/mol. The lowest BCUT2D eigenvalue weighted by Gasteiger charge is -2.14. The van der Waals surface area contributed by atoms with Crippen LogP contribution in [0.15, 0.2) is 60.7 Å². The molecule has 0 saturated heterocycles. The molecule has 0 aromatic heterocycles. The number of methoxy groups -OCH3 is 1. The first kappa shape index (κ1) is 23.9. The fraction of sp³-hybridized carbons (Fsp3) is 0.0870. The summed E-state index contributed by atoms with van der Waals surface area (Å²) in [4.78, 5) is 36.7. The number of ether oxygens (including phenoxy) is 2. The summed E-state index contributed by atoms with van der Waals surface area (Å²) in [5, 5.41) is 6.05. The van der Waals surface area contributed by atoms with Crippen LogP contribution in [0.1, 0.15) is 20.7 Å². The van der Waals surface area contributed by atoms with Crippen LogP contribution in [0.3, 0.4) is 0 Å². The van der Waals surface area contributed by atoms with Crippen LogP contribution in [-0.4, -0.2) is 31.4 Å². The monoisotopic (exact) mass is 487 g/mol. The Hall–Kier alpha value is -3.75. The minimum Gasteiger partial charge on any atom is -0.493 e. The highest BCUT2D eigenvalue weighted by Gasteiger charge is 2.19. The molecule has 0 spiro atoms. The maximum absolute atomic E-state index is 12.9. The highest BCUT2D eigenvalue weighted by Crippen LogP contribution is 2.36. The number of nitrogens with two attached hydrogens (primary N) is 1. The van der Waals surface area contributed by atoms with Gasteiger partial charge < -0.3 is 25.8 Å². The molecule has 4 N–H and O–H groups in total. The van der Waals surface area contributed by atoms with Crippen molar-refractivity contribution in [2.24, 2.45) is 5.73 Å². The second kappa shape index (κ2) is 10.7. The number of anilines is 2. The molecule has 10 heteroatoms. The summed E-state index contributed by atoms with van der Waals surface area (Å²) < 4.78 is 10.5. The summed E-state index contributed by atoms with van der Waals surface area (Å²) in [6, 6.07) is 15.9. The number of amides is 3. The smallest absolute Gasteiger partial charge is 0.257 e. The van der Waals surface area contributed by atoms with Crippen LogP contribution in [0, 0.1) is 0 Å². The van der Waals surface area contributed by atoms with Gasteiger partial charge in [-0.25, -0.2) is 0 Å². The second-order valence-corrected chi connectivity index (χ2v) is 7.55. The van der Waals surface area contributed by atoms with E-state index in [1.165, 1.54) is 19.2 Å². The van der Waals surface area contributed by atoms with Crippen molar-refractivity contribution < 1.29 is 23.9 Å². The number of carbonyl (C=O) groups excluding carboxylic acids is 3. The zero-order valence-electron chi connectivity index (χ0n) is 17.4. The van der Waals surface area contributed by atoms with Gasteiger partial charge in [0.15, 0.2) is 18.1 Å². The fourth-order valence-electron chi connectivity index (χ4n) is 2.85. The average Bonchev–Trinajstić information content (AvgIpc) is 2.79. The van der Waals surface area contributed by atoms with E-state index in [0.717, 1.165) is 0 Å². The molecular formula is C23H19Cl2N3O5. The lowest BCUT2D eigenvalue weighted by Crippen LogP contribution is -2.20. The van der Waals surface area contributed by atoms with Crippen molar-refractivity contribution in [2.45, 2.75) is 0 Å². The highest BCUT2D eigenvalue weighted by molar-refractivity contribution is 6.33. The number of primary amides is 1. The van der Waals surface area contributed by atoms with Crippen molar-refractivity contribution in [1.29, 1.82) is 0 Å². The third-order valence-electron chi connectivity index (χ3n) is 4.37. The summed E-state index contributed by atoms with van der Waals surface area (Å²) in [6.45, 7) is -0.405. The van der Waals surface area contributed by atoms with E-state index in [-0.39, 0.29) is 33.3 Å². The van der Waals surface area contributed by atoms with Gasteiger partial charge in [0.1, 0.15) is 0 Å². The Labute approximate surface area is 199 Å². The minimum atomic E-state index is -0.691. The van der Waals surface area contributed by atoms with Gasteiger partial charge in [-0.2, -0.15) is 0 Å². The molecule has 0 aliphatic rings. The molecule has 33 heavy (non-hydrogen) atoms. The van der Waals surface area contributed by atoms with E-state index in [4.69, 9.17) is 38.4 Å². The van der Waals surface area contributed by atoms with E-state index in [1.807, 2.05) is 0 Å². The summed E-state index contributed by atoms with van der Waals surface area (Å²) >= 11 is 12.1. The van der Waals surface area contributed by atoms with Crippen LogP contribution < -0.4 is 25.8 Å². The Morgan fingerprint density at radius 3 is 2.30 bits per heavy atom. The topological polar surface area (TPSA) is 120 Å². The Morgan fingerprint density at radius 2 is 1.64 bits per heavy atom. The third-order valence-corrected chi connectivity index (χ3v) is 4.91. The zero-order chi connectivity index (χ0) is 24.0. The van der Waals surface area contributed by atoms with Crippen molar-refractivity contribution in [3.63, 3.8) is 0 Å². The van der Waals surface area contributed by atoms with Gasteiger partial charge in [0.25, 0.3) is 17.7 Å². The standard InChI is InChI=1S/C23H19Cl2N3O5/c1-32-19-11-13(10-17(25)21(19)33-12-20(26)29)22(30)28-18-5-3-2-4-16(18)23(31)27-15-8-6-14(24)7-9-15/h2-11H,12H2,1H3,(H2,26,29)(H,27,31)(H,28,30). The largest absolute Gasteiger partial charge is 0.493 e. The average molecular weight is 488 g/mol. The number of hydrogen-bond donors (Lipinski definition) is 3. The van der Waals surface area contributed by atoms with Crippen LogP contribution >= 0.6 is 23.2 Å². The van der Waals surface area contributed by atoms with Gasteiger partial charge in [0.2, 0.25) is 0 Å². The van der Waals surface area contributed by atoms with E-state index in [9.17, 15) is 14.4 Å². The van der Waals surface area contributed by atoms with E-state index in [0.29, 0.717) is 10.7 Å². The van der Waals surface area contributed by atoms with E-state index in [1.54, 1.807) is 48.5 Å². The van der Waals surface area contributed by atoms with Gasteiger partial charge in [-0.05, 0) is 48.5 Å². The second-order valence-electron chi connectivity index (χ2n) is 6.71.